The van der Waals surface area contributed by atoms with E-state index in [-0.39, 0.29) is 12.3 Å². The molecule has 2 heterocycles. The predicted octanol–water partition coefficient (Wildman–Crippen LogP) is 4.36. The van der Waals surface area contributed by atoms with Gasteiger partial charge in [0.2, 0.25) is 5.91 Å². The van der Waals surface area contributed by atoms with Crippen molar-refractivity contribution >= 4 is 29.4 Å². The van der Waals surface area contributed by atoms with Gasteiger partial charge in [0.15, 0.2) is 0 Å². The molecule has 5 rings (SSSR count). The lowest BCUT2D eigenvalue weighted by Gasteiger charge is -2.34. The number of nitriles is 1. The Balaban J connectivity index is 1.36. The number of hydrogen-bond acceptors (Lipinski definition) is 6. The van der Waals surface area contributed by atoms with Gasteiger partial charge in [-0.25, -0.2) is 8.78 Å². The number of halogens is 2. The van der Waals surface area contributed by atoms with E-state index in [2.05, 4.69) is 17.0 Å². The minimum Gasteiger partial charge on any atom is -0.340 e. The monoisotopic (exact) mass is 483 g/mol. The van der Waals surface area contributed by atoms with Gasteiger partial charge in [0.25, 0.3) is 5.92 Å². The molecule has 1 aliphatic carbocycles. The molecule has 2 aromatic carbocycles. The first-order chi connectivity index (χ1) is 16.2. The summed E-state index contributed by atoms with van der Waals surface area (Å²) < 4.78 is 30.8. The first-order valence-electron chi connectivity index (χ1n) is 11.5. The van der Waals surface area contributed by atoms with E-state index < -0.39 is 11.8 Å². The number of fused-ring (bicyclic) bond motifs is 1. The topological polar surface area (TPSA) is 53.8 Å². The first-order valence-corrected chi connectivity index (χ1v) is 12.2. The maximum Gasteiger partial charge on any atom is 0.253 e. The van der Waals surface area contributed by atoms with Crippen molar-refractivity contribution in [2.45, 2.75) is 25.8 Å². The molecule has 1 saturated carbocycles. The van der Waals surface area contributed by atoms with Crippen LogP contribution < -0.4 is 8.61 Å². The molecule has 1 atom stereocenters. The Kier molecular flexibility index (Phi) is 5.90. The fraction of sp³-hybridized carbons (Fsp3) is 0.440. The van der Waals surface area contributed by atoms with Gasteiger partial charge in [0.05, 0.1) is 35.1 Å². The van der Waals surface area contributed by atoms with Crippen LogP contribution in [0.4, 0.5) is 20.2 Å². The van der Waals surface area contributed by atoms with Gasteiger partial charge in [-0.3, -0.25) is 18.3 Å². The van der Waals surface area contributed by atoms with Gasteiger partial charge < -0.3 is 4.90 Å². The molecular formula is C25H27F2N5OS. The Morgan fingerprint density at radius 2 is 1.88 bits per heavy atom. The van der Waals surface area contributed by atoms with Crippen LogP contribution in [0.5, 0.6) is 0 Å². The van der Waals surface area contributed by atoms with Crippen molar-refractivity contribution in [3.63, 3.8) is 0 Å². The maximum atomic E-state index is 13.5. The fourth-order valence-electron chi connectivity index (χ4n) is 4.69. The summed E-state index contributed by atoms with van der Waals surface area (Å²) in [5, 5.41) is 9.72. The summed E-state index contributed by atoms with van der Waals surface area (Å²) in [7, 11) is 1.93. The zero-order valence-corrected chi connectivity index (χ0v) is 20.1. The molecule has 0 bridgehead atoms. The van der Waals surface area contributed by atoms with Crippen LogP contribution in [0, 0.1) is 17.2 Å². The molecule has 2 fully saturated rings. The molecule has 0 aromatic heterocycles. The third kappa shape index (κ3) is 4.44. The van der Waals surface area contributed by atoms with Crippen LogP contribution in [0.25, 0.3) is 11.1 Å². The summed E-state index contributed by atoms with van der Waals surface area (Å²) in [6.07, 6.45) is -0.0384. The number of hydrogen-bond donors (Lipinski definition) is 0. The average Bonchev–Trinajstić information content (AvgIpc) is 3.30. The number of alkyl halides is 2. The molecule has 34 heavy (non-hydrogen) atoms. The zero-order chi connectivity index (χ0) is 24.0. The molecule has 1 amide bonds. The summed E-state index contributed by atoms with van der Waals surface area (Å²) in [5.74, 6) is -3.01. The van der Waals surface area contributed by atoms with Crippen LogP contribution in [0.1, 0.15) is 24.5 Å². The highest BCUT2D eigenvalue weighted by Gasteiger charge is 2.57. The van der Waals surface area contributed by atoms with E-state index in [0.29, 0.717) is 12.1 Å². The van der Waals surface area contributed by atoms with Crippen molar-refractivity contribution in [1.82, 2.24) is 9.80 Å². The lowest BCUT2D eigenvalue weighted by molar-refractivity contribution is -0.130. The van der Waals surface area contributed by atoms with E-state index in [9.17, 15) is 18.8 Å². The van der Waals surface area contributed by atoms with E-state index in [4.69, 9.17) is 0 Å². The first kappa shape index (κ1) is 22.9. The molecule has 178 valence electrons. The lowest BCUT2D eigenvalue weighted by atomic mass is 9.96. The summed E-state index contributed by atoms with van der Waals surface area (Å²) >= 11 is 1.44. The Morgan fingerprint density at radius 1 is 1.15 bits per heavy atom. The third-order valence-corrected chi connectivity index (χ3v) is 7.87. The molecule has 2 aromatic rings. The van der Waals surface area contributed by atoms with Crippen LogP contribution in [0.15, 0.2) is 36.4 Å². The van der Waals surface area contributed by atoms with E-state index in [1.165, 1.54) is 12.1 Å². The van der Waals surface area contributed by atoms with Gasteiger partial charge in [-0.1, -0.05) is 12.1 Å². The summed E-state index contributed by atoms with van der Waals surface area (Å²) in [4.78, 5) is 15.8. The van der Waals surface area contributed by atoms with Crippen LogP contribution in [0.3, 0.4) is 0 Å². The van der Waals surface area contributed by atoms with Gasteiger partial charge >= 0.3 is 0 Å². The van der Waals surface area contributed by atoms with E-state index in [1.807, 2.05) is 50.9 Å². The minimum atomic E-state index is -2.54. The average molecular weight is 484 g/mol. The molecule has 0 spiro atoms. The second-order valence-electron chi connectivity index (χ2n) is 9.28. The third-order valence-electron chi connectivity index (χ3n) is 6.89. The van der Waals surface area contributed by atoms with Crippen LogP contribution in [0.2, 0.25) is 0 Å². The number of carbonyl (C=O) groups is 1. The second-order valence-corrected chi connectivity index (χ2v) is 10.4. The molecular weight excluding hydrogens is 456 g/mol. The Hall–Kier alpha value is -2.83. The Labute approximate surface area is 203 Å². The molecule has 0 radical (unpaired) electrons. The van der Waals surface area contributed by atoms with E-state index in [1.54, 1.807) is 6.92 Å². The summed E-state index contributed by atoms with van der Waals surface area (Å²) in [6, 6.07) is 14.2. The maximum absolute atomic E-state index is 13.5. The van der Waals surface area contributed by atoms with Gasteiger partial charge in [0, 0.05) is 65.6 Å². The smallest absolute Gasteiger partial charge is 0.253 e. The number of benzene rings is 2. The summed E-state index contributed by atoms with van der Waals surface area (Å²) in [6.45, 7) is 5.80. The highest BCUT2D eigenvalue weighted by Crippen LogP contribution is 2.53. The zero-order valence-electron chi connectivity index (χ0n) is 19.3. The van der Waals surface area contributed by atoms with Crippen LogP contribution >= 0.6 is 12.1 Å². The van der Waals surface area contributed by atoms with Crippen molar-refractivity contribution in [2.24, 2.45) is 5.92 Å². The number of nitrogens with zero attached hydrogens (tertiary/aromatic N) is 5. The standard InChI is InChI=1S/C25H27F2N5OS/c1-17(33)31-9-7-30(8-10-31)15-18-3-4-20(14-28)22(11-18)19-5-6-23-24(12-19)29(2)34-32(23)16-21-13-25(21,26)27/h3-6,11-12,21H,7-10,13,15-16H2,1-2H3. The van der Waals surface area contributed by atoms with Gasteiger partial charge in [-0.05, 0) is 41.0 Å². The lowest BCUT2D eigenvalue weighted by Crippen LogP contribution is -2.47. The van der Waals surface area contributed by atoms with Crippen molar-refractivity contribution in [1.29, 1.82) is 5.26 Å². The van der Waals surface area contributed by atoms with Crippen molar-refractivity contribution in [2.75, 3.05) is 48.4 Å². The highest BCUT2D eigenvalue weighted by atomic mass is 32.2. The fourth-order valence-corrected chi connectivity index (χ4v) is 5.71. The van der Waals surface area contributed by atoms with Gasteiger partial charge in [-0.2, -0.15) is 5.26 Å². The molecule has 6 nitrogen and oxygen atoms in total. The SMILES string of the molecule is CC(=O)N1CCN(Cc2ccc(C#N)c(-c3ccc4c(c3)N(C)SN4CC3CC3(F)F)c2)CC1. The number of carbonyl (C=O) groups excluding carboxylic acids is 1. The predicted molar refractivity (Wildman–Crippen MR) is 131 cm³/mol. The van der Waals surface area contributed by atoms with Gasteiger partial charge in [-0.15, -0.1) is 0 Å². The normalized spacial score (nSPS) is 21.4. The van der Waals surface area contributed by atoms with Crippen LogP contribution in [-0.4, -0.2) is 61.4 Å². The van der Waals surface area contributed by atoms with Crippen molar-refractivity contribution in [3.05, 3.63) is 47.5 Å². The number of rotatable bonds is 5. The van der Waals surface area contributed by atoms with Crippen LogP contribution in [-0.2, 0) is 11.3 Å². The molecule has 1 saturated heterocycles. The van der Waals surface area contributed by atoms with Gasteiger partial charge in [0.1, 0.15) is 0 Å². The number of piperazine rings is 1. The Bertz CT molecular complexity index is 1160. The van der Waals surface area contributed by atoms with Crippen molar-refractivity contribution in [3.8, 4) is 17.2 Å². The van der Waals surface area contributed by atoms with Crippen molar-refractivity contribution < 1.29 is 13.6 Å². The molecule has 9 heteroatoms. The summed E-state index contributed by atoms with van der Waals surface area (Å²) in [5.41, 5.74) is 5.41. The molecule has 2 aliphatic heterocycles. The second kappa shape index (κ2) is 8.75. The highest BCUT2D eigenvalue weighted by molar-refractivity contribution is 8.02. The largest absolute Gasteiger partial charge is 0.340 e. The quantitative estimate of drug-likeness (QED) is 0.589. The molecule has 1 unspecified atom stereocenters. The molecule has 3 aliphatic rings. The minimum absolute atomic E-state index is 0.0384. The number of anilines is 2. The Morgan fingerprint density at radius 3 is 2.53 bits per heavy atom. The number of amides is 1. The van der Waals surface area contributed by atoms with E-state index in [0.717, 1.165) is 60.8 Å². The van der Waals surface area contributed by atoms with E-state index >= 15 is 0 Å². The molecule has 0 N–H and O–H groups in total.